The van der Waals surface area contributed by atoms with Gasteiger partial charge in [-0.1, -0.05) is 6.07 Å². The predicted molar refractivity (Wildman–Crippen MR) is 85.5 cm³/mol. The molecule has 0 spiro atoms. The molecular weight excluding hydrogens is 293 g/mol. The van der Waals surface area contributed by atoms with Gasteiger partial charge in [0.1, 0.15) is 5.82 Å². The Balaban J connectivity index is 0.00000220. The quantitative estimate of drug-likeness (QED) is 0.874. The normalized spacial score (nSPS) is 18.3. The van der Waals surface area contributed by atoms with Crippen molar-refractivity contribution in [3.05, 3.63) is 29.6 Å². The number of hydrogen-bond acceptors (Lipinski definition) is 3. The van der Waals surface area contributed by atoms with Crippen LogP contribution in [-0.2, 0) is 4.79 Å². The fraction of sp³-hybridized carbons (Fsp3) is 0.533. The van der Waals surface area contributed by atoms with Crippen molar-refractivity contribution in [1.82, 2.24) is 10.2 Å². The van der Waals surface area contributed by atoms with Crippen LogP contribution in [0.5, 0.6) is 0 Å². The molecule has 6 heteroatoms. The standard InChI is InChI=1S/C15H22FN3O.ClH/c1-11-3-4-13(7-14(11)16)18-15(20)10-19-6-5-12(9-19)8-17-2;/h3-4,7,12,17H,5-6,8-10H2,1-2H3,(H,18,20);1H. The van der Waals surface area contributed by atoms with Gasteiger partial charge in [-0.25, -0.2) is 4.39 Å². The van der Waals surface area contributed by atoms with Crippen LogP contribution in [0.4, 0.5) is 10.1 Å². The molecule has 1 aromatic rings. The van der Waals surface area contributed by atoms with E-state index in [9.17, 15) is 9.18 Å². The van der Waals surface area contributed by atoms with Crippen molar-refractivity contribution >= 4 is 24.0 Å². The zero-order valence-corrected chi connectivity index (χ0v) is 13.3. The van der Waals surface area contributed by atoms with Crippen molar-refractivity contribution in [2.45, 2.75) is 13.3 Å². The lowest BCUT2D eigenvalue weighted by molar-refractivity contribution is -0.117. The van der Waals surface area contributed by atoms with Crippen molar-refractivity contribution in [3.63, 3.8) is 0 Å². The minimum absolute atomic E-state index is 0. The highest BCUT2D eigenvalue weighted by atomic mass is 35.5. The molecule has 1 saturated heterocycles. The third kappa shape index (κ3) is 5.26. The molecule has 1 aliphatic heterocycles. The smallest absolute Gasteiger partial charge is 0.238 e. The molecule has 1 aromatic carbocycles. The van der Waals surface area contributed by atoms with Gasteiger partial charge in [0.25, 0.3) is 0 Å². The summed E-state index contributed by atoms with van der Waals surface area (Å²) in [5.41, 5.74) is 1.10. The molecule has 1 fully saturated rings. The number of amides is 1. The highest BCUT2D eigenvalue weighted by molar-refractivity contribution is 5.92. The van der Waals surface area contributed by atoms with E-state index < -0.39 is 0 Å². The summed E-state index contributed by atoms with van der Waals surface area (Å²) in [6, 6.07) is 4.76. The summed E-state index contributed by atoms with van der Waals surface area (Å²) in [5.74, 6) is 0.237. The molecule has 0 bridgehead atoms. The number of benzene rings is 1. The molecule has 0 aliphatic carbocycles. The van der Waals surface area contributed by atoms with Gasteiger partial charge in [0.15, 0.2) is 0 Å². The van der Waals surface area contributed by atoms with Crippen molar-refractivity contribution in [2.24, 2.45) is 5.92 Å². The molecule has 4 nitrogen and oxygen atoms in total. The number of hydrogen-bond donors (Lipinski definition) is 2. The van der Waals surface area contributed by atoms with Gasteiger partial charge < -0.3 is 10.6 Å². The van der Waals surface area contributed by atoms with Crippen LogP contribution in [0, 0.1) is 18.7 Å². The number of anilines is 1. The van der Waals surface area contributed by atoms with Gasteiger partial charge in [-0.15, -0.1) is 12.4 Å². The van der Waals surface area contributed by atoms with Gasteiger partial charge in [-0.3, -0.25) is 9.69 Å². The average molecular weight is 316 g/mol. The maximum Gasteiger partial charge on any atom is 0.238 e. The van der Waals surface area contributed by atoms with Crippen LogP contribution in [0.2, 0.25) is 0 Å². The van der Waals surface area contributed by atoms with Gasteiger partial charge in [-0.05, 0) is 57.1 Å². The van der Waals surface area contributed by atoms with Gasteiger partial charge in [0.2, 0.25) is 5.91 Å². The Hall–Kier alpha value is -1.17. The molecule has 1 aliphatic rings. The Kier molecular flexibility index (Phi) is 7.08. The zero-order chi connectivity index (χ0) is 14.5. The first-order valence-electron chi connectivity index (χ1n) is 7.01. The predicted octanol–water partition coefficient (Wildman–Crippen LogP) is 2.04. The van der Waals surface area contributed by atoms with Gasteiger partial charge in [0, 0.05) is 12.2 Å². The fourth-order valence-electron chi connectivity index (χ4n) is 2.59. The van der Waals surface area contributed by atoms with Crippen LogP contribution < -0.4 is 10.6 Å². The molecule has 0 radical (unpaired) electrons. The number of likely N-dealkylation sites (tertiary alicyclic amines) is 1. The molecule has 1 amide bonds. The Labute approximate surface area is 131 Å². The van der Waals surface area contributed by atoms with Crippen LogP contribution in [0.25, 0.3) is 0 Å². The Bertz CT molecular complexity index is 484. The summed E-state index contributed by atoms with van der Waals surface area (Å²) in [6.45, 7) is 4.95. The van der Waals surface area contributed by atoms with E-state index in [0.717, 1.165) is 26.1 Å². The lowest BCUT2D eigenvalue weighted by atomic mass is 10.1. The van der Waals surface area contributed by atoms with E-state index in [-0.39, 0.29) is 24.1 Å². The fourth-order valence-corrected chi connectivity index (χ4v) is 2.59. The molecule has 21 heavy (non-hydrogen) atoms. The summed E-state index contributed by atoms with van der Waals surface area (Å²) in [5, 5.41) is 5.91. The van der Waals surface area contributed by atoms with E-state index >= 15 is 0 Å². The number of nitrogens with one attached hydrogen (secondary N) is 2. The highest BCUT2D eigenvalue weighted by Gasteiger charge is 2.23. The van der Waals surface area contributed by atoms with Gasteiger partial charge in [-0.2, -0.15) is 0 Å². The summed E-state index contributed by atoms with van der Waals surface area (Å²) >= 11 is 0. The molecule has 0 saturated carbocycles. The van der Waals surface area contributed by atoms with Crippen LogP contribution in [0.15, 0.2) is 18.2 Å². The summed E-state index contributed by atoms with van der Waals surface area (Å²) in [4.78, 5) is 14.1. The first kappa shape index (κ1) is 17.9. The van der Waals surface area contributed by atoms with Crippen LogP contribution in [0.3, 0.4) is 0 Å². The van der Waals surface area contributed by atoms with Gasteiger partial charge >= 0.3 is 0 Å². The van der Waals surface area contributed by atoms with Crippen LogP contribution in [0.1, 0.15) is 12.0 Å². The number of halogens is 2. The number of rotatable bonds is 5. The van der Waals surface area contributed by atoms with E-state index in [1.54, 1.807) is 19.1 Å². The summed E-state index contributed by atoms with van der Waals surface area (Å²) in [7, 11) is 1.95. The largest absolute Gasteiger partial charge is 0.325 e. The van der Waals surface area contributed by atoms with E-state index in [1.807, 2.05) is 7.05 Å². The molecule has 1 atom stereocenters. The first-order chi connectivity index (χ1) is 9.58. The van der Waals surface area contributed by atoms with Gasteiger partial charge in [0.05, 0.1) is 6.54 Å². The zero-order valence-electron chi connectivity index (χ0n) is 12.5. The Morgan fingerprint density at radius 1 is 1.48 bits per heavy atom. The van der Waals surface area contributed by atoms with Crippen molar-refractivity contribution in [3.8, 4) is 0 Å². The number of carbonyl (C=O) groups is 1. The van der Waals surface area contributed by atoms with Crippen LogP contribution in [-0.4, -0.2) is 44.0 Å². The lowest BCUT2D eigenvalue weighted by Gasteiger charge is -2.15. The lowest BCUT2D eigenvalue weighted by Crippen LogP contribution is -2.32. The van der Waals surface area contributed by atoms with E-state index in [1.165, 1.54) is 6.07 Å². The Morgan fingerprint density at radius 3 is 2.90 bits per heavy atom. The minimum Gasteiger partial charge on any atom is -0.325 e. The highest BCUT2D eigenvalue weighted by Crippen LogP contribution is 2.16. The third-order valence-electron chi connectivity index (χ3n) is 3.69. The minimum atomic E-state index is -0.293. The Morgan fingerprint density at radius 2 is 2.24 bits per heavy atom. The van der Waals surface area contributed by atoms with Crippen molar-refractivity contribution in [2.75, 3.05) is 38.5 Å². The molecule has 1 unspecified atom stereocenters. The van der Waals surface area contributed by atoms with E-state index in [2.05, 4.69) is 15.5 Å². The molecule has 118 valence electrons. The summed E-state index contributed by atoms with van der Waals surface area (Å²) < 4.78 is 13.4. The average Bonchev–Trinajstić information content (AvgIpc) is 2.81. The topological polar surface area (TPSA) is 44.4 Å². The van der Waals surface area contributed by atoms with Crippen LogP contribution >= 0.6 is 12.4 Å². The molecule has 1 heterocycles. The second-order valence-electron chi connectivity index (χ2n) is 5.46. The van der Waals surface area contributed by atoms with E-state index in [0.29, 0.717) is 23.7 Å². The summed E-state index contributed by atoms with van der Waals surface area (Å²) in [6.07, 6.45) is 1.12. The maximum absolute atomic E-state index is 13.4. The third-order valence-corrected chi connectivity index (χ3v) is 3.69. The maximum atomic E-state index is 13.4. The second-order valence-corrected chi connectivity index (χ2v) is 5.46. The second kappa shape index (κ2) is 8.32. The molecule has 0 aromatic heterocycles. The molecular formula is C15H23ClFN3O. The number of aryl methyl sites for hydroxylation is 1. The monoisotopic (exact) mass is 315 g/mol. The molecule has 2 rings (SSSR count). The number of carbonyl (C=O) groups excluding carboxylic acids is 1. The SMILES string of the molecule is CNCC1CCN(CC(=O)Nc2ccc(C)c(F)c2)C1.Cl. The molecule has 2 N–H and O–H groups in total. The number of nitrogens with zero attached hydrogens (tertiary/aromatic N) is 1. The van der Waals surface area contributed by atoms with E-state index in [4.69, 9.17) is 0 Å². The first-order valence-corrected chi connectivity index (χ1v) is 7.01. The van der Waals surface area contributed by atoms with Crippen molar-refractivity contribution < 1.29 is 9.18 Å². The van der Waals surface area contributed by atoms with Crippen molar-refractivity contribution in [1.29, 1.82) is 0 Å².